The second-order valence-electron chi connectivity index (χ2n) is 6.00. The summed E-state index contributed by atoms with van der Waals surface area (Å²) < 4.78 is 0. The minimum Gasteiger partial charge on any atom is -0.0845 e. The van der Waals surface area contributed by atoms with Crippen LogP contribution in [0, 0.1) is 23.2 Å². The summed E-state index contributed by atoms with van der Waals surface area (Å²) in [5.41, 5.74) is 2.33. The first kappa shape index (κ1) is 13.8. The average Bonchev–Trinajstić information content (AvgIpc) is 2.30. The number of hydrogen-bond acceptors (Lipinski definition) is 0. The number of rotatable bonds is 0. The van der Waals surface area contributed by atoms with Crippen molar-refractivity contribution in [1.82, 2.24) is 0 Å². The molecule has 2 aliphatic rings. The average molecular weight is 222 g/mol. The molecule has 4 atom stereocenters. The molecule has 0 aliphatic heterocycles. The van der Waals surface area contributed by atoms with Crippen LogP contribution in [0.25, 0.3) is 0 Å². The van der Waals surface area contributed by atoms with Gasteiger partial charge in [0.1, 0.15) is 0 Å². The van der Waals surface area contributed by atoms with Crippen LogP contribution in [-0.2, 0) is 0 Å². The van der Waals surface area contributed by atoms with E-state index in [4.69, 9.17) is 0 Å². The molecule has 0 spiro atoms. The first-order valence-electron chi connectivity index (χ1n) is 7.23. The van der Waals surface area contributed by atoms with E-state index >= 15 is 0 Å². The third-order valence-corrected chi connectivity index (χ3v) is 5.05. The Morgan fingerprint density at radius 2 is 1.81 bits per heavy atom. The van der Waals surface area contributed by atoms with E-state index in [-0.39, 0.29) is 0 Å². The molecule has 0 heterocycles. The van der Waals surface area contributed by atoms with Crippen LogP contribution in [0.15, 0.2) is 11.6 Å². The zero-order valence-corrected chi connectivity index (χ0v) is 12.1. The van der Waals surface area contributed by atoms with Gasteiger partial charge in [-0.15, -0.1) is 0 Å². The van der Waals surface area contributed by atoms with Gasteiger partial charge in [-0.1, -0.05) is 53.2 Å². The van der Waals surface area contributed by atoms with E-state index in [1.807, 2.05) is 13.8 Å². The number of fused-ring (bicyclic) bond motifs is 1. The fourth-order valence-corrected chi connectivity index (χ4v) is 3.41. The molecular formula is C16H30. The third kappa shape index (κ3) is 2.36. The molecule has 1 saturated carbocycles. The molecule has 0 bridgehead atoms. The van der Waals surface area contributed by atoms with Crippen LogP contribution in [-0.4, -0.2) is 0 Å². The fourth-order valence-electron chi connectivity index (χ4n) is 3.41. The Morgan fingerprint density at radius 1 is 1.19 bits per heavy atom. The summed E-state index contributed by atoms with van der Waals surface area (Å²) in [4.78, 5) is 0. The summed E-state index contributed by atoms with van der Waals surface area (Å²) >= 11 is 0. The highest BCUT2D eigenvalue weighted by molar-refractivity contribution is 5.21. The Hall–Kier alpha value is -0.260. The van der Waals surface area contributed by atoms with Crippen molar-refractivity contribution in [3.8, 4) is 0 Å². The molecule has 94 valence electrons. The van der Waals surface area contributed by atoms with E-state index < -0.39 is 0 Å². The highest BCUT2D eigenvalue weighted by atomic mass is 14.5. The summed E-state index contributed by atoms with van der Waals surface area (Å²) in [6.45, 7) is 13.8. The van der Waals surface area contributed by atoms with Crippen LogP contribution in [0.5, 0.6) is 0 Å². The third-order valence-electron chi connectivity index (χ3n) is 5.05. The molecule has 0 N–H and O–H groups in total. The quantitative estimate of drug-likeness (QED) is 0.479. The van der Waals surface area contributed by atoms with Crippen molar-refractivity contribution in [3.05, 3.63) is 11.6 Å². The van der Waals surface area contributed by atoms with Gasteiger partial charge in [0, 0.05) is 0 Å². The standard InChI is InChI=1S/C14H24.C2H6/c1-10-7-8-14(4)12(3)11(2)5-6-13(14)9-10;1-2/h6,10-12H,5,7-9H2,1-4H3;1-2H3/t10?,11?,12?,14-;/m1./s1. The summed E-state index contributed by atoms with van der Waals surface area (Å²) in [7, 11) is 0. The Morgan fingerprint density at radius 3 is 2.44 bits per heavy atom. The Kier molecular flexibility index (Phi) is 4.64. The van der Waals surface area contributed by atoms with Crippen LogP contribution in [0.2, 0.25) is 0 Å². The lowest BCUT2D eigenvalue weighted by molar-refractivity contribution is 0.117. The summed E-state index contributed by atoms with van der Waals surface area (Å²) in [6, 6.07) is 0. The van der Waals surface area contributed by atoms with Crippen LogP contribution >= 0.6 is 0 Å². The van der Waals surface area contributed by atoms with Crippen molar-refractivity contribution in [2.24, 2.45) is 23.2 Å². The summed E-state index contributed by atoms with van der Waals surface area (Å²) in [5.74, 6) is 2.70. The molecule has 0 aromatic carbocycles. The van der Waals surface area contributed by atoms with Gasteiger partial charge in [0.2, 0.25) is 0 Å². The van der Waals surface area contributed by atoms with Crippen molar-refractivity contribution < 1.29 is 0 Å². The summed E-state index contributed by atoms with van der Waals surface area (Å²) in [5, 5.41) is 0. The van der Waals surface area contributed by atoms with Crippen LogP contribution in [0.4, 0.5) is 0 Å². The molecule has 16 heavy (non-hydrogen) atoms. The lowest BCUT2D eigenvalue weighted by Crippen LogP contribution is -2.38. The summed E-state index contributed by atoms with van der Waals surface area (Å²) in [6.07, 6.45) is 8.10. The second-order valence-corrected chi connectivity index (χ2v) is 6.00. The zero-order chi connectivity index (χ0) is 12.3. The highest BCUT2D eigenvalue weighted by Crippen LogP contribution is 2.53. The number of hydrogen-bond donors (Lipinski definition) is 0. The number of allylic oxidation sites excluding steroid dienone is 2. The van der Waals surface area contributed by atoms with Gasteiger partial charge < -0.3 is 0 Å². The van der Waals surface area contributed by atoms with Crippen molar-refractivity contribution in [1.29, 1.82) is 0 Å². The molecule has 2 rings (SSSR count). The zero-order valence-electron chi connectivity index (χ0n) is 12.1. The molecule has 0 nitrogen and oxygen atoms in total. The monoisotopic (exact) mass is 222 g/mol. The van der Waals surface area contributed by atoms with Crippen molar-refractivity contribution >= 4 is 0 Å². The predicted molar refractivity (Wildman–Crippen MR) is 73.5 cm³/mol. The van der Waals surface area contributed by atoms with Gasteiger partial charge in [0.25, 0.3) is 0 Å². The molecule has 0 aromatic heterocycles. The Balaban J connectivity index is 0.000000606. The lowest BCUT2D eigenvalue weighted by atomic mass is 9.57. The van der Waals surface area contributed by atoms with Gasteiger partial charge in [-0.3, -0.25) is 0 Å². The molecule has 0 aromatic rings. The van der Waals surface area contributed by atoms with Gasteiger partial charge in [-0.2, -0.15) is 0 Å². The molecule has 0 heteroatoms. The van der Waals surface area contributed by atoms with Crippen LogP contribution in [0.1, 0.15) is 67.2 Å². The first-order valence-corrected chi connectivity index (χ1v) is 7.23. The fraction of sp³-hybridized carbons (Fsp3) is 0.875. The van der Waals surface area contributed by atoms with E-state index in [1.54, 1.807) is 5.57 Å². The molecule has 2 aliphatic carbocycles. The Bertz CT molecular complexity index is 251. The van der Waals surface area contributed by atoms with Gasteiger partial charge in [0.05, 0.1) is 0 Å². The maximum Gasteiger partial charge on any atom is -0.00879 e. The molecule has 0 amide bonds. The predicted octanol–water partition coefficient (Wildman–Crippen LogP) is 5.44. The maximum absolute atomic E-state index is 2.56. The van der Waals surface area contributed by atoms with E-state index in [2.05, 4.69) is 33.8 Å². The van der Waals surface area contributed by atoms with Gasteiger partial charge in [0.15, 0.2) is 0 Å². The molecule has 3 unspecified atom stereocenters. The van der Waals surface area contributed by atoms with Gasteiger partial charge >= 0.3 is 0 Å². The maximum atomic E-state index is 2.56. The largest absolute Gasteiger partial charge is 0.0845 e. The normalized spacial score (nSPS) is 42.6. The molecule has 1 fully saturated rings. The van der Waals surface area contributed by atoms with Crippen molar-refractivity contribution in [2.75, 3.05) is 0 Å². The second kappa shape index (κ2) is 5.38. The molecular weight excluding hydrogens is 192 g/mol. The van der Waals surface area contributed by atoms with Crippen LogP contribution in [0.3, 0.4) is 0 Å². The van der Waals surface area contributed by atoms with E-state index in [9.17, 15) is 0 Å². The minimum atomic E-state index is 0.546. The van der Waals surface area contributed by atoms with Crippen LogP contribution < -0.4 is 0 Å². The van der Waals surface area contributed by atoms with E-state index in [0.717, 1.165) is 17.8 Å². The highest BCUT2D eigenvalue weighted by Gasteiger charge is 2.42. The smallest absolute Gasteiger partial charge is 0.00879 e. The SMILES string of the molecule is CC.CC1CC[C@@]2(C)C(=CCC(C)C2C)C1. The lowest BCUT2D eigenvalue weighted by Gasteiger charge is -2.48. The first-order chi connectivity index (χ1) is 7.54. The van der Waals surface area contributed by atoms with Crippen molar-refractivity contribution in [2.45, 2.75) is 67.2 Å². The molecule has 0 saturated heterocycles. The molecule has 0 radical (unpaired) electrons. The Labute approximate surface area is 103 Å². The van der Waals surface area contributed by atoms with E-state index in [1.165, 1.54) is 25.7 Å². The minimum absolute atomic E-state index is 0.546. The van der Waals surface area contributed by atoms with E-state index in [0.29, 0.717) is 5.41 Å². The van der Waals surface area contributed by atoms with Crippen molar-refractivity contribution in [3.63, 3.8) is 0 Å². The van der Waals surface area contributed by atoms with Gasteiger partial charge in [-0.05, 0) is 48.9 Å². The topological polar surface area (TPSA) is 0 Å². The van der Waals surface area contributed by atoms with Gasteiger partial charge in [-0.25, -0.2) is 0 Å².